The first-order chi connectivity index (χ1) is 57.7. The number of hydrogen-bond donors (Lipinski definition) is 11. The lowest BCUT2D eigenvalue weighted by molar-refractivity contribution is -0.248. The summed E-state index contributed by atoms with van der Waals surface area (Å²) in [5.41, 5.74) is 9.92. The number of para-hydroxylation sites is 1. The summed E-state index contributed by atoms with van der Waals surface area (Å²) >= 11 is 2.56. The lowest BCUT2D eigenvalue weighted by atomic mass is 9.39. The number of ketones is 2. The number of aliphatic carboxylic acids is 1. The number of thiazole rings is 1. The molecule has 6 aromatic rings. The number of likely N-dealkylation sites (tertiary alicyclic amines) is 1. The van der Waals surface area contributed by atoms with Crippen LogP contribution in [0.15, 0.2) is 79.0 Å². The van der Waals surface area contributed by atoms with Crippen molar-refractivity contribution in [1.82, 2.24) is 40.2 Å². The first kappa shape index (κ1) is 89.8. The highest BCUT2D eigenvalue weighted by Gasteiger charge is 2.66. The van der Waals surface area contributed by atoms with E-state index in [-0.39, 0.29) is 91.9 Å². The molecule has 8 aliphatic rings. The molecule has 5 aliphatic carbocycles. The Balaban J connectivity index is 0.660. The zero-order chi connectivity index (χ0) is 87.8. The van der Waals surface area contributed by atoms with Gasteiger partial charge in [0.1, 0.15) is 48.6 Å². The number of nitrogens with zero attached hydrogens (tertiary/aromatic N) is 7. The highest BCUT2D eigenvalue weighted by atomic mass is 32.2. The van der Waals surface area contributed by atoms with E-state index >= 15 is 0 Å². The Bertz CT molecular complexity index is 5140. The molecule has 2 saturated heterocycles. The molecule has 4 bridgehead atoms. The molecule has 5 saturated carbocycles. The fraction of sp³-hybridized carbons (Fsp3) is 0.548. The van der Waals surface area contributed by atoms with E-state index in [1.807, 2.05) is 59.0 Å². The van der Waals surface area contributed by atoms with Crippen molar-refractivity contribution in [2.75, 3.05) is 73.5 Å². The zero-order valence-electron chi connectivity index (χ0n) is 68.8. The second-order valence-electron chi connectivity index (χ2n) is 34.7. The predicted octanol–water partition coefficient (Wildman–Crippen LogP) is 5.49. The molecule has 35 nitrogen and oxygen atoms in total. The SMILES string of the molecule is CSC1CC(=O)C([C@H]2C[C@@H](COCCS(=O)(=O)O)N(CC(=O)N[C@H](C(=O)N[C@@H](C)C(=O)Nc3ccc(COC(=O)N(CCOC45CC6(C)CC(C)(CC(Cn7ncc(-c8ccc(N9CCc%10cccc(C(=O)Nc%11nc%12ccccc%12s%11)c%10C9)nc8C(=O)O)c7C)(C6)C4)C5)CCC(N)=O)c(CC[C@@H]4O[C@H](C(=O)O)[C@@H](O)[C@H](O)[C@H]4O)c3)C(C)C)C2=O)C1=O. The summed E-state index contributed by atoms with van der Waals surface area (Å²) in [5.74, 6) is -11.2. The van der Waals surface area contributed by atoms with Crippen molar-refractivity contribution >= 4 is 125 Å². The number of thioether (sulfide) groups is 1. The summed E-state index contributed by atoms with van der Waals surface area (Å²) in [5, 5.41) is 68.7. The number of Topliss-reactive ketones (excluding diaryl/α,β-unsaturated/α-hetero) is 2. The van der Waals surface area contributed by atoms with Gasteiger partial charge in [0.25, 0.3) is 16.0 Å². The van der Waals surface area contributed by atoms with Gasteiger partial charge in [-0.3, -0.25) is 52.9 Å². The maximum absolute atomic E-state index is 14.5. The molecule has 0 spiro atoms. The molecular formula is C84H104N12O23S3. The Hall–Kier alpha value is -9.90. The number of primary amides is 1. The highest BCUT2D eigenvalue weighted by Crippen LogP contribution is 2.72. The topological polar surface area (TPSA) is 508 Å². The second-order valence-corrected chi connectivity index (χ2v) is 38.4. The molecule has 13 atom stereocenters. The van der Waals surface area contributed by atoms with Crippen molar-refractivity contribution in [2.45, 2.75) is 198 Å². The van der Waals surface area contributed by atoms with Gasteiger partial charge in [-0.1, -0.05) is 69.4 Å². The molecule has 656 valence electrons. The van der Waals surface area contributed by atoms with E-state index in [9.17, 15) is 91.2 Å². The summed E-state index contributed by atoms with van der Waals surface area (Å²) in [4.78, 5) is 163. The summed E-state index contributed by atoms with van der Waals surface area (Å²) in [6, 6.07) is 17.8. The van der Waals surface area contributed by atoms with Crippen LogP contribution in [0.1, 0.15) is 148 Å². The van der Waals surface area contributed by atoms with Gasteiger partial charge in [0, 0.05) is 73.6 Å². The minimum absolute atomic E-state index is 0.0285. The normalized spacial score (nSPS) is 26.6. The van der Waals surface area contributed by atoms with Gasteiger partial charge in [-0.05, 0) is 171 Å². The van der Waals surface area contributed by atoms with Crippen LogP contribution in [-0.2, 0) is 100.0 Å². The van der Waals surface area contributed by atoms with E-state index in [4.69, 9.17) is 34.8 Å². The molecule has 6 heterocycles. The number of nitrogens with two attached hydrogens (primary N) is 1. The number of pyridine rings is 1. The predicted molar refractivity (Wildman–Crippen MR) is 445 cm³/mol. The number of benzene rings is 3. The van der Waals surface area contributed by atoms with Crippen LogP contribution in [0.2, 0.25) is 0 Å². The number of aryl methyl sites for hydroxylation is 1. The smallest absolute Gasteiger partial charge is 0.410 e. The first-order valence-electron chi connectivity index (χ1n) is 40.8. The summed E-state index contributed by atoms with van der Waals surface area (Å²) < 4.78 is 59.2. The van der Waals surface area contributed by atoms with Crippen molar-refractivity contribution in [2.24, 2.45) is 39.7 Å². The third kappa shape index (κ3) is 20.0. The van der Waals surface area contributed by atoms with E-state index in [0.717, 1.165) is 64.0 Å². The summed E-state index contributed by atoms with van der Waals surface area (Å²) in [6.45, 7) is 10.3. The highest BCUT2D eigenvalue weighted by molar-refractivity contribution is 8.00. The molecule has 14 rings (SSSR count). The van der Waals surface area contributed by atoms with Gasteiger partial charge in [0.05, 0.1) is 83.4 Å². The number of ether oxygens (including phenoxy) is 4. The van der Waals surface area contributed by atoms with Gasteiger partial charge >= 0.3 is 18.0 Å². The van der Waals surface area contributed by atoms with Crippen LogP contribution in [-0.4, -0.2) is 251 Å². The molecule has 38 heteroatoms. The molecule has 0 radical (unpaired) electrons. The monoisotopic (exact) mass is 1740 g/mol. The quantitative estimate of drug-likeness (QED) is 0.0133. The molecular weight excluding hydrogens is 1640 g/mol. The van der Waals surface area contributed by atoms with Crippen LogP contribution >= 0.6 is 23.1 Å². The minimum atomic E-state index is -4.43. The van der Waals surface area contributed by atoms with Gasteiger partial charge in [-0.25, -0.2) is 24.4 Å². The lowest BCUT2D eigenvalue weighted by Crippen LogP contribution is -2.64. The zero-order valence-corrected chi connectivity index (χ0v) is 71.2. The average molecular weight is 1750 g/mol. The maximum atomic E-state index is 14.5. The van der Waals surface area contributed by atoms with Crippen molar-refractivity contribution in [3.63, 3.8) is 0 Å². The average Bonchev–Trinajstić information content (AvgIpc) is 0.877. The third-order valence-electron chi connectivity index (χ3n) is 24.8. The number of nitrogens with one attached hydrogen (secondary N) is 4. The first-order valence-corrected chi connectivity index (χ1v) is 44.5. The molecule has 122 heavy (non-hydrogen) atoms. The largest absolute Gasteiger partial charge is 0.479 e. The van der Waals surface area contributed by atoms with Crippen LogP contribution < -0.4 is 31.9 Å². The van der Waals surface area contributed by atoms with Gasteiger partial charge in [0.15, 0.2) is 22.7 Å². The fourth-order valence-corrected chi connectivity index (χ4v) is 22.1. The van der Waals surface area contributed by atoms with Crippen molar-refractivity contribution in [3.8, 4) is 11.1 Å². The number of rotatable bonds is 35. The molecule has 3 aromatic heterocycles. The van der Waals surface area contributed by atoms with Crippen LogP contribution in [0, 0.1) is 40.9 Å². The van der Waals surface area contributed by atoms with Crippen molar-refractivity contribution in [3.05, 3.63) is 118 Å². The number of aromatic nitrogens is 4. The van der Waals surface area contributed by atoms with Gasteiger partial charge in [0.2, 0.25) is 29.5 Å². The molecule has 7 amide bonds. The summed E-state index contributed by atoms with van der Waals surface area (Å²) in [6.07, 6.45) is -1.77. The number of anilines is 3. The minimum Gasteiger partial charge on any atom is -0.479 e. The van der Waals surface area contributed by atoms with E-state index < -0.39 is 172 Å². The Morgan fingerprint density at radius 1 is 0.836 bits per heavy atom. The number of aliphatic hydroxyl groups excluding tert-OH is 3. The molecule has 7 fully saturated rings. The number of carbonyl (C=O) groups excluding carboxylic acids is 9. The molecule has 12 N–H and O–H groups in total. The Kier molecular flexibility index (Phi) is 26.9. The Labute approximate surface area is 712 Å². The van der Waals surface area contributed by atoms with Crippen molar-refractivity contribution in [1.29, 1.82) is 0 Å². The standard InChI is InChI=1S/C84H104N12O23S3/c1-44(2)66(91-64(99)34-95-51(36-116-27-28-122(113,114)115)30-54(76(95)107)65-58(97)31-61(120-7)69(65)101)75(106)87-45(3)73(104)88-50-17-15-49(48(29-50)16-19-59-68(100)70(102)71(103)72(119-59)78(110)111)35-117-80(112)93(24-22-62(85)98)25-26-118-84-40-81(5)37-82(6,41-84)39-83(38-81,42-84)43-96-46(4)55(32-86-96)52-18-20-63(90-67(52)77(108)109)94-23-21-47-11-10-12-53(56(47)33-94)74(105)92-79-89-57-13-8-9-14-60(57)121-79/h8-15,17-18,20,29,32,44-45,51,54,59,61,65-66,68,70-72,100,102-103H,16,19,21-28,30-31,33-43H2,1-7H3,(H2,85,98)(H,87,106)(H,88,104)(H,91,99)(H,108,109)(H,110,111)(H,89,92,105)(H,113,114,115)/t45-,51-,54+,59-,61?,65?,66-,68-,70+,71-,72-,81?,82?,83?,84?/m0/s1. The number of fused-ring (bicyclic) bond motifs is 2. The molecule has 3 aliphatic heterocycles. The van der Waals surface area contributed by atoms with Gasteiger partial charge < -0.3 is 80.9 Å². The molecule has 3 aromatic carbocycles. The summed E-state index contributed by atoms with van der Waals surface area (Å²) in [7, 11) is -4.43. The van der Waals surface area contributed by atoms with E-state index in [1.165, 1.54) is 53.1 Å². The lowest BCUT2D eigenvalue weighted by Gasteiger charge is -2.69. The third-order valence-corrected chi connectivity index (χ3v) is 27.4. The van der Waals surface area contributed by atoms with Crippen LogP contribution in [0.3, 0.4) is 0 Å². The molecule has 4 unspecified atom stereocenters. The van der Waals surface area contributed by atoms with E-state index in [2.05, 4.69) is 40.1 Å². The number of amides is 7. The Morgan fingerprint density at radius 2 is 1.58 bits per heavy atom. The number of carbonyl (C=O) groups is 11. The number of aromatic carboxylic acids is 1. The van der Waals surface area contributed by atoms with Crippen molar-refractivity contribution < 1.29 is 110 Å². The van der Waals surface area contributed by atoms with Crippen LogP contribution in [0.5, 0.6) is 0 Å². The van der Waals surface area contributed by atoms with E-state index in [1.54, 1.807) is 38.4 Å². The van der Waals surface area contributed by atoms with Gasteiger partial charge in [-0.2, -0.15) is 25.3 Å². The number of hydrogen-bond acceptors (Lipinski definition) is 26. The number of carboxylic acids is 2. The Morgan fingerprint density at radius 3 is 2.27 bits per heavy atom. The maximum Gasteiger partial charge on any atom is 0.410 e. The number of aliphatic hydroxyl groups is 3. The van der Waals surface area contributed by atoms with Gasteiger partial charge in [-0.15, -0.1) is 0 Å². The van der Waals surface area contributed by atoms with Crippen LogP contribution in [0.4, 0.5) is 21.4 Å². The fourth-order valence-electron chi connectivity index (χ4n) is 20.2. The van der Waals surface area contributed by atoms with Crippen LogP contribution in [0.25, 0.3) is 21.3 Å². The van der Waals surface area contributed by atoms with E-state index in [0.29, 0.717) is 71.2 Å². The second kappa shape index (κ2) is 36.5. The number of carboxylic acid groups (broad SMARTS) is 2.